The summed E-state index contributed by atoms with van der Waals surface area (Å²) in [4.78, 5) is 0. The fraction of sp³-hybridized carbons (Fsp3) is 0.333. The molecule has 3 heteroatoms. The summed E-state index contributed by atoms with van der Waals surface area (Å²) in [6.07, 6.45) is 2.21. The van der Waals surface area contributed by atoms with Crippen molar-refractivity contribution < 1.29 is 4.74 Å². The van der Waals surface area contributed by atoms with E-state index >= 15 is 0 Å². The number of nitrogens with one attached hydrogen (secondary N) is 1. The normalized spacial score (nSPS) is 15.2. The minimum Gasteiger partial charge on any atom is -0.493 e. The second kappa shape index (κ2) is 6.20. The summed E-state index contributed by atoms with van der Waals surface area (Å²) in [7, 11) is 2.00. The van der Waals surface area contributed by atoms with Crippen molar-refractivity contribution in [3.63, 3.8) is 0 Å². The zero-order chi connectivity index (χ0) is 14.8. The lowest BCUT2D eigenvalue weighted by molar-refractivity contribution is 0.283. The van der Waals surface area contributed by atoms with Gasteiger partial charge in [-0.3, -0.25) is 0 Å². The summed E-state index contributed by atoms with van der Waals surface area (Å²) in [5, 5.41) is 3.44. The zero-order valence-corrected chi connectivity index (χ0v) is 14.0. The molecule has 0 radical (unpaired) electrons. The van der Waals surface area contributed by atoms with Crippen LogP contribution in [0.2, 0.25) is 0 Å². The molecule has 2 aromatic rings. The Morgan fingerprint density at radius 2 is 2.05 bits per heavy atom. The number of para-hydroxylation sites is 1. The van der Waals surface area contributed by atoms with Gasteiger partial charge in [0.2, 0.25) is 0 Å². The van der Waals surface area contributed by atoms with Gasteiger partial charge >= 0.3 is 0 Å². The predicted octanol–water partition coefficient (Wildman–Crippen LogP) is 4.39. The lowest BCUT2D eigenvalue weighted by atomic mass is 9.93. The molecule has 1 N–H and O–H groups in total. The van der Waals surface area contributed by atoms with Crippen LogP contribution in [0, 0.1) is 6.92 Å². The largest absolute Gasteiger partial charge is 0.493 e. The van der Waals surface area contributed by atoms with Crippen molar-refractivity contribution in [3.05, 3.63) is 63.1 Å². The molecule has 1 aliphatic rings. The zero-order valence-electron chi connectivity index (χ0n) is 12.4. The number of aryl methyl sites for hydroxylation is 2. The topological polar surface area (TPSA) is 21.3 Å². The third-order valence-corrected chi connectivity index (χ3v) is 4.72. The van der Waals surface area contributed by atoms with Crippen molar-refractivity contribution in [2.24, 2.45) is 0 Å². The van der Waals surface area contributed by atoms with Gasteiger partial charge in [0, 0.05) is 10.0 Å². The van der Waals surface area contributed by atoms with Gasteiger partial charge in [-0.1, -0.05) is 46.3 Å². The van der Waals surface area contributed by atoms with E-state index in [4.69, 9.17) is 4.74 Å². The van der Waals surface area contributed by atoms with E-state index < -0.39 is 0 Å². The third kappa shape index (κ3) is 2.85. The molecule has 21 heavy (non-hydrogen) atoms. The minimum absolute atomic E-state index is 0.132. The van der Waals surface area contributed by atoms with Gasteiger partial charge < -0.3 is 10.1 Å². The van der Waals surface area contributed by atoms with E-state index in [2.05, 4.69) is 64.6 Å². The van der Waals surface area contributed by atoms with Crippen molar-refractivity contribution >= 4 is 15.9 Å². The molecule has 0 saturated carbocycles. The maximum atomic E-state index is 5.97. The molecule has 3 rings (SSSR count). The van der Waals surface area contributed by atoms with Crippen LogP contribution < -0.4 is 10.1 Å². The average molecular weight is 346 g/mol. The molecule has 1 aliphatic heterocycles. The summed E-state index contributed by atoms with van der Waals surface area (Å²) in [5.74, 6) is 1.07. The number of halogens is 1. The molecule has 1 unspecified atom stereocenters. The van der Waals surface area contributed by atoms with Crippen molar-refractivity contribution in [2.75, 3.05) is 13.7 Å². The fourth-order valence-electron chi connectivity index (χ4n) is 2.99. The number of ether oxygens (including phenoxy) is 1. The van der Waals surface area contributed by atoms with Crippen molar-refractivity contribution in [1.29, 1.82) is 0 Å². The van der Waals surface area contributed by atoms with E-state index in [-0.39, 0.29) is 6.04 Å². The highest BCUT2D eigenvalue weighted by Gasteiger charge is 2.22. The highest BCUT2D eigenvalue weighted by molar-refractivity contribution is 9.10. The number of rotatable bonds is 3. The van der Waals surface area contributed by atoms with E-state index in [1.54, 1.807) is 0 Å². The van der Waals surface area contributed by atoms with E-state index in [9.17, 15) is 0 Å². The average Bonchev–Trinajstić information content (AvgIpc) is 2.50. The fourth-order valence-corrected chi connectivity index (χ4v) is 3.71. The first-order valence-corrected chi connectivity index (χ1v) is 8.18. The first-order valence-electron chi connectivity index (χ1n) is 7.38. The van der Waals surface area contributed by atoms with Crippen LogP contribution >= 0.6 is 15.9 Å². The Morgan fingerprint density at radius 1 is 1.19 bits per heavy atom. The molecule has 1 atom stereocenters. The Bertz CT molecular complexity index is 654. The Balaban J connectivity index is 2.08. The first kappa shape index (κ1) is 14.6. The van der Waals surface area contributed by atoms with E-state index in [1.165, 1.54) is 22.3 Å². The standard InChI is InChI=1S/C18H20BrNO/c1-12-8-9-14(16(19)11-12)17(20-2)15-7-3-5-13-6-4-10-21-18(13)15/h3,5,7-9,11,17,20H,4,6,10H2,1-2H3. The van der Waals surface area contributed by atoms with E-state index in [1.807, 2.05) is 7.05 Å². The Labute approximate surface area is 134 Å². The highest BCUT2D eigenvalue weighted by Crippen LogP contribution is 2.37. The molecule has 0 bridgehead atoms. The molecule has 0 aromatic heterocycles. The van der Waals surface area contributed by atoms with Crippen LogP contribution in [0.4, 0.5) is 0 Å². The maximum Gasteiger partial charge on any atom is 0.127 e. The molecule has 0 aliphatic carbocycles. The summed E-state index contributed by atoms with van der Waals surface area (Å²) in [6.45, 7) is 2.92. The molecule has 2 nitrogen and oxygen atoms in total. The van der Waals surface area contributed by atoms with Gasteiger partial charge in [0.25, 0.3) is 0 Å². The second-order valence-electron chi connectivity index (χ2n) is 5.53. The van der Waals surface area contributed by atoms with Gasteiger partial charge in [-0.2, -0.15) is 0 Å². The predicted molar refractivity (Wildman–Crippen MR) is 90.0 cm³/mol. The number of fused-ring (bicyclic) bond motifs is 1. The van der Waals surface area contributed by atoms with Crippen molar-refractivity contribution in [3.8, 4) is 5.75 Å². The van der Waals surface area contributed by atoms with Gasteiger partial charge in [0.1, 0.15) is 5.75 Å². The molecule has 1 heterocycles. The van der Waals surface area contributed by atoms with Crippen LogP contribution in [0.1, 0.15) is 34.7 Å². The van der Waals surface area contributed by atoms with Gasteiger partial charge in [-0.25, -0.2) is 0 Å². The summed E-state index contributed by atoms with van der Waals surface area (Å²) in [6, 6.07) is 13.1. The van der Waals surface area contributed by atoms with Crippen LogP contribution in [0.3, 0.4) is 0 Å². The molecular weight excluding hydrogens is 326 g/mol. The molecule has 0 saturated heterocycles. The molecule has 0 amide bonds. The van der Waals surface area contributed by atoms with Gasteiger partial charge in [0.05, 0.1) is 12.6 Å². The summed E-state index contributed by atoms with van der Waals surface area (Å²) < 4.78 is 7.10. The number of benzene rings is 2. The molecule has 110 valence electrons. The molecule has 2 aromatic carbocycles. The number of hydrogen-bond acceptors (Lipinski definition) is 2. The Morgan fingerprint density at radius 3 is 2.81 bits per heavy atom. The van der Waals surface area contributed by atoms with E-state index in [0.29, 0.717) is 0 Å². The summed E-state index contributed by atoms with van der Waals surface area (Å²) >= 11 is 3.70. The molecule has 0 fully saturated rings. The lowest BCUT2D eigenvalue weighted by Gasteiger charge is -2.26. The van der Waals surface area contributed by atoms with Crippen molar-refractivity contribution in [2.45, 2.75) is 25.8 Å². The van der Waals surface area contributed by atoms with Gasteiger partial charge in [-0.05, 0) is 49.6 Å². The Kier molecular flexibility index (Phi) is 4.32. The minimum atomic E-state index is 0.132. The van der Waals surface area contributed by atoms with Crippen LogP contribution in [0.15, 0.2) is 40.9 Å². The molecule has 0 spiro atoms. The smallest absolute Gasteiger partial charge is 0.127 e. The van der Waals surface area contributed by atoms with Crippen LogP contribution in [0.25, 0.3) is 0 Å². The van der Waals surface area contributed by atoms with Crippen LogP contribution in [-0.2, 0) is 6.42 Å². The van der Waals surface area contributed by atoms with Gasteiger partial charge in [0.15, 0.2) is 0 Å². The van der Waals surface area contributed by atoms with E-state index in [0.717, 1.165) is 29.7 Å². The lowest BCUT2D eigenvalue weighted by Crippen LogP contribution is -2.21. The number of hydrogen-bond donors (Lipinski definition) is 1. The highest BCUT2D eigenvalue weighted by atomic mass is 79.9. The monoisotopic (exact) mass is 345 g/mol. The summed E-state index contributed by atoms with van der Waals surface area (Å²) in [5.41, 5.74) is 5.04. The Hall–Kier alpha value is -1.32. The van der Waals surface area contributed by atoms with Crippen molar-refractivity contribution in [1.82, 2.24) is 5.32 Å². The molecular formula is C18H20BrNO. The van der Waals surface area contributed by atoms with Gasteiger partial charge in [-0.15, -0.1) is 0 Å². The third-order valence-electron chi connectivity index (χ3n) is 4.03. The quantitative estimate of drug-likeness (QED) is 0.890. The second-order valence-corrected chi connectivity index (χ2v) is 6.39. The maximum absolute atomic E-state index is 5.97. The SMILES string of the molecule is CNC(c1ccc(C)cc1Br)c1cccc2c1OCCC2. The first-order chi connectivity index (χ1) is 10.2. The van der Waals surface area contributed by atoms with Crippen LogP contribution in [-0.4, -0.2) is 13.7 Å². The van der Waals surface area contributed by atoms with Crippen LogP contribution in [0.5, 0.6) is 5.75 Å².